The zero-order chi connectivity index (χ0) is 13.7. The molecule has 1 aromatic carbocycles. The minimum Gasteiger partial charge on any atom is -0.313 e. The molecule has 1 N–H and O–H groups in total. The largest absolute Gasteiger partial charge is 0.313 e. The number of hydrogen-bond donors (Lipinski definition) is 1. The molecule has 0 saturated heterocycles. The van der Waals surface area contributed by atoms with E-state index in [9.17, 15) is 0 Å². The maximum atomic E-state index is 6.16. The van der Waals surface area contributed by atoms with Crippen LogP contribution in [0, 0.1) is 6.92 Å². The monoisotopic (exact) mass is 292 g/mol. The van der Waals surface area contributed by atoms with Gasteiger partial charge in [0.15, 0.2) is 0 Å². The minimum atomic E-state index is 0.697. The molecule has 100 valence electrons. The smallest absolute Gasteiger partial charge is 0.119 e. The van der Waals surface area contributed by atoms with Gasteiger partial charge in [0.25, 0.3) is 0 Å². The van der Waals surface area contributed by atoms with Crippen LogP contribution in [0.25, 0.3) is 0 Å². The predicted molar refractivity (Wildman–Crippen MR) is 81.9 cm³/mol. The number of benzene rings is 1. The summed E-state index contributed by atoms with van der Waals surface area (Å²) in [7, 11) is 0. The quantitative estimate of drug-likeness (QED) is 0.889. The van der Waals surface area contributed by atoms with Crippen LogP contribution in [-0.2, 0) is 6.54 Å². The van der Waals surface area contributed by atoms with Crippen LogP contribution < -0.4 is 5.32 Å². The van der Waals surface area contributed by atoms with E-state index in [1.807, 2.05) is 12.1 Å². The zero-order valence-electron chi connectivity index (χ0n) is 11.1. The summed E-state index contributed by atoms with van der Waals surface area (Å²) >= 11 is 7.78. The van der Waals surface area contributed by atoms with Crippen molar-refractivity contribution in [1.82, 2.24) is 10.3 Å². The van der Waals surface area contributed by atoms with Crippen LogP contribution in [0.15, 0.2) is 46.5 Å². The molecule has 2 rings (SSSR count). The van der Waals surface area contributed by atoms with E-state index in [-0.39, 0.29) is 0 Å². The van der Waals surface area contributed by atoms with Gasteiger partial charge in [-0.3, -0.25) is 0 Å². The van der Waals surface area contributed by atoms with Gasteiger partial charge in [-0.1, -0.05) is 48.0 Å². The Morgan fingerprint density at radius 2 is 2.16 bits per heavy atom. The van der Waals surface area contributed by atoms with Crippen molar-refractivity contribution < 1.29 is 0 Å². The Morgan fingerprint density at radius 3 is 2.89 bits per heavy atom. The maximum absolute atomic E-state index is 6.16. The second-order valence-electron chi connectivity index (χ2n) is 4.28. The van der Waals surface area contributed by atoms with Crippen LogP contribution in [0.2, 0.25) is 5.02 Å². The van der Waals surface area contributed by atoms with Gasteiger partial charge in [-0.05, 0) is 37.2 Å². The van der Waals surface area contributed by atoms with E-state index in [2.05, 4.69) is 42.3 Å². The highest BCUT2D eigenvalue weighted by molar-refractivity contribution is 7.99. The van der Waals surface area contributed by atoms with E-state index in [0.29, 0.717) is 5.02 Å². The van der Waals surface area contributed by atoms with Crippen LogP contribution >= 0.6 is 23.4 Å². The predicted octanol–water partition coefficient (Wildman–Crippen LogP) is 4.30. The Balaban J connectivity index is 2.26. The van der Waals surface area contributed by atoms with Gasteiger partial charge < -0.3 is 5.32 Å². The molecule has 0 radical (unpaired) electrons. The van der Waals surface area contributed by atoms with Crippen LogP contribution in [0.1, 0.15) is 18.1 Å². The average Bonchev–Trinajstić information content (AvgIpc) is 2.41. The lowest BCUT2D eigenvalue weighted by atomic mass is 10.1. The molecular weight excluding hydrogens is 276 g/mol. The number of aryl methyl sites for hydroxylation is 1. The molecule has 0 spiro atoms. The molecular formula is C15H17ClN2S. The highest BCUT2D eigenvalue weighted by atomic mass is 35.5. The third-order valence-electron chi connectivity index (χ3n) is 2.71. The van der Waals surface area contributed by atoms with E-state index in [4.69, 9.17) is 11.6 Å². The van der Waals surface area contributed by atoms with Gasteiger partial charge in [0.1, 0.15) is 5.03 Å². The van der Waals surface area contributed by atoms with Crippen molar-refractivity contribution in [3.05, 3.63) is 52.7 Å². The molecule has 2 nitrogen and oxygen atoms in total. The van der Waals surface area contributed by atoms with Gasteiger partial charge in [-0.15, -0.1) is 0 Å². The number of nitrogens with one attached hydrogen (secondary N) is 1. The highest BCUT2D eigenvalue weighted by Crippen LogP contribution is 2.33. The molecule has 1 heterocycles. The van der Waals surface area contributed by atoms with Crippen LogP contribution in [-0.4, -0.2) is 11.5 Å². The molecule has 19 heavy (non-hydrogen) atoms. The number of hydrogen-bond acceptors (Lipinski definition) is 3. The lowest BCUT2D eigenvalue weighted by Gasteiger charge is -2.11. The van der Waals surface area contributed by atoms with E-state index >= 15 is 0 Å². The molecule has 1 aromatic heterocycles. The fourth-order valence-electron chi connectivity index (χ4n) is 1.76. The summed E-state index contributed by atoms with van der Waals surface area (Å²) in [6, 6.07) is 10.2. The number of halogens is 1. The van der Waals surface area contributed by atoms with Crippen molar-refractivity contribution in [2.45, 2.75) is 30.3 Å². The first kappa shape index (κ1) is 14.4. The lowest BCUT2D eigenvalue weighted by molar-refractivity contribution is 0.717. The minimum absolute atomic E-state index is 0.697. The molecule has 0 aliphatic rings. The van der Waals surface area contributed by atoms with Gasteiger partial charge in [0.2, 0.25) is 0 Å². The zero-order valence-corrected chi connectivity index (χ0v) is 12.7. The van der Waals surface area contributed by atoms with Gasteiger partial charge in [0, 0.05) is 17.6 Å². The number of rotatable bonds is 5. The van der Waals surface area contributed by atoms with Gasteiger partial charge in [-0.2, -0.15) is 0 Å². The van der Waals surface area contributed by atoms with Crippen LogP contribution in [0.5, 0.6) is 0 Å². The normalized spacial score (nSPS) is 10.7. The Labute approximate surface area is 123 Å². The molecule has 0 unspecified atom stereocenters. The van der Waals surface area contributed by atoms with Crippen molar-refractivity contribution in [1.29, 1.82) is 0 Å². The molecule has 0 atom stereocenters. The van der Waals surface area contributed by atoms with Crippen LogP contribution in [0.4, 0.5) is 0 Å². The first-order chi connectivity index (χ1) is 9.20. The van der Waals surface area contributed by atoms with Crippen molar-refractivity contribution in [2.24, 2.45) is 0 Å². The summed E-state index contributed by atoms with van der Waals surface area (Å²) in [5, 5.41) is 4.92. The maximum Gasteiger partial charge on any atom is 0.119 e. The second kappa shape index (κ2) is 6.94. The Hall–Kier alpha value is -1.03. The SMILES string of the molecule is CCNCc1cc(C)ccc1Sc1ncccc1Cl. The van der Waals surface area contributed by atoms with Crippen molar-refractivity contribution >= 4 is 23.4 Å². The molecule has 2 aromatic rings. The fourth-order valence-corrected chi connectivity index (χ4v) is 2.88. The second-order valence-corrected chi connectivity index (χ2v) is 5.72. The van der Waals surface area contributed by atoms with Gasteiger partial charge >= 0.3 is 0 Å². The van der Waals surface area contributed by atoms with Gasteiger partial charge in [-0.25, -0.2) is 4.98 Å². The number of pyridine rings is 1. The first-order valence-electron chi connectivity index (χ1n) is 6.29. The lowest BCUT2D eigenvalue weighted by Crippen LogP contribution is -2.12. The third kappa shape index (κ3) is 3.96. The number of aromatic nitrogens is 1. The van der Waals surface area contributed by atoms with Gasteiger partial charge in [0.05, 0.1) is 5.02 Å². The summed E-state index contributed by atoms with van der Waals surface area (Å²) in [5.74, 6) is 0. The Bertz CT molecular complexity index is 558. The Morgan fingerprint density at radius 1 is 1.32 bits per heavy atom. The molecule has 0 aliphatic carbocycles. The van der Waals surface area contributed by atoms with Crippen molar-refractivity contribution in [3.8, 4) is 0 Å². The van der Waals surface area contributed by atoms with E-state index < -0.39 is 0 Å². The summed E-state index contributed by atoms with van der Waals surface area (Å²) in [6.07, 6.45) is 1.77. The summed E-state index contributed by atoms with van der Waals surface area (Å²) in [4.78, 5) is 5.53. The number of nitrogens with zero attached hydrogens (tertiary/aromatic N) is 1. The molecule has 0 fully saturated rings. The van der Waals surface area contributed by atoms with Crippen LogP contribution in [0.3, 0.4) is 0 Å². The van der Waals surface area contributed by atoms with Crippen molar-refractivity contribution in [2.75, 3.05) is 6.54 Å². The fraction of sp³-hybridized carbons (Fsp3) is 0.267. The average molecular weight is 293 g/mol. The van der Waals surface area contributed by atoms with E-state index in [1.165, 1.54) is 16.0 Å². The highest BCUT2D eigenvalue weighted by Gasteiger charge is 2.08. The first-order valence-corrected chi connectivity index (χ1v) is 7.48. The van der Waals surface area contributed by atoms with Crippen molar-refractivity contribution in [3.63, 3.8) is 0 Å². The Kier molecular flexibility index (Phi) is 5.25. The summed E-state index contributed by atoms with van der Waals surface area (Å²) in [6.45, 7) is 6.04. The topological polar surface area (TPSA) is 24.9 Å². The third-order valence-corrected chi connectivity index (χ3v) is 4.27. The van der Waals surface area contributed by atoms with E-state index in [0.717, 1.165) is 18.1 Å². The summed E-state index contributed by atoms with van der Waals surface area (Å²) in [5.41, 5.74) is 2.55. The summed E-state index contributed by atoms with van der Waals surface area (Å²) < 4.78 is 0. The molecule has 0 aliphatic heterocycles. The molecule has 0 amide bonds. The van der Waals surface area contributed by atoms with E-state index in [1.54, 1.807) is 18.0 Å². The molecule has 0 saturated carbocycles. The molecule has 4 heteroatoms. The standard InChI is InChI=1S/C15H17ClN2S/c1-3-17-10-12-9-11(2)6-7-14(12)19-15-13(16)5-4-8-18-15/h4-9,17H,3,10H2,1-2H3. The molecule has 0 bridgehead atoms.